The van der Waals surface area contributed by atoms with Gasteiger partial charge in [-0.25, -0.2) is 8.42 Å². The van der Waals surface area contributed by atoms with Crippen molar-refractivity contribution in [2.75, 3.05) is 39.1 Å². The van der Waals surface area contributed by atoms with Crippen LogP contribution in [0.4, 0.5) is 5.69 Å². The maximum Gasteiger partial charge on any atom is 0.261 e. The quantitative estimate of drug-likeness (QED) is 0.444. The maximum absolute atomic E-state index is 13.4. The third-order valence-corrected chi connectivity index (χ3v) is 8.42. The number of rotatable bonds is 8. The number of sulfonamides is 1. The zero-order valence-corrected chi connectivity index (χ0v) is 23.3. The lowest BCUT2D eigenvalue weighted by Crippen LogP contribution is -2.48. The molecule has 1 amide bonds. The Morgan fingerprint density at radius 1 is 0.947 bits per heavy atom. The fourth-order valence-electron chi connectivity index (χ4n) is 4.75. The molecule has 1 aliphatic heterocycles. The summed E-state index contributed by atoms with van der Waals surface area (Å²) in [6.07, 6.45) is 0.778. The van der Waals surface area contributed by atoms with E-state index < -0.39 is 10.0 Å². The summed E-state index contributed by atoms with van der Waals surface area (Å²) >= 11 is 0. The van der Waals surface area contributed by atoms with Gasteiger partial charge in [0.15, 0.2) is 11.5 Å². The number of carbonyl (C=O) groups is 1. The molecule has 4 rings (SSSR count). The monoisotopic (exact) mass is 537 g/mol. The molecule has 0 saturated carbocycles. The second-order valence-electron chi connectivity index (χ2n) is 9.80. The molecule has 0 spiro atoms. The Balaban J connectivity index is 1.56. The molecular formula is C29H35N3O5S. The van der Waals surface area contributed by atoms with Crippen molar-refractivity contribution in [2.24, 2.45) is 0 Å². The third-order valence-electron chi connectivity index (χ3n) is 7.04. The SMILES string of the molecule is COc1ccc([C@@H]2CN(C)CC[C@@H]2NC(=O)c2ccc(C)c(NS(=O)(=O)c3ccc(C)cc3)c2)cc1OC. The molecule has 1 aliphatic rings. The van der Waals surface area contributed by atoms with Gasteiger partial charge in [-0.05, 0) is 81.4 Å². The summed E-state index contributed by atoms with van der Waals surface area (Å²) in [7, 11) is 1.48. The number of likely N-dealkylation sites (tertiary alicyclic amines) is 1. The second kappa shape index (κ2) is 11.4. The molecule has 0 unspecified atom stereocenters. The highest BCUT2D eigenvalue weighted by atomic mass is 32.2. The van der Waals surface area contributed by atoms with Crippen molar-refractivity contribution in [3.63, 3.8) is 0 Å². The first-order valence-electron chi connectivity index (χ1n) is 12.5. The molecule has 0 radical (unpaired) electrons. The van der Waals surface area contributed by atoms with E-state index in [-0.39, 0.29) is 22.8 Å². The van der Waals surface area contributed by atoms with Crippen molar-refractivity contribution in [1.82, 2.24) is 10.2 Å². The number of likely N-dealkylation sites (N-methyl/N-ethyl adjacent to an activating group) is 1. The zero-order chi connectivity index (χ0) is 27.4. The molecule has 3 aromatic carbocycles. The molecule has 1 fully saturated rings. The van der Waals surface area contributed by atoms with Crippen LogP contribution in [-0.2, 0) is 10.0 Å². The molecule has 38 heavy (non-hydrogen) atoms. The molecule has 0 bridgehead atoms. The minimum atomic E-state index is -3.79. The summed E-state index contributed by atoms with van der Waals surface area (Å²) in [6.45, 7) is 5.33. The first kappa shape index (κ1) is 27.5. The normalized spacial score (nSPS) is 18.0. The van der Waals surface area contributed by atoms with E-state index in [0.717, 1.165) is 36.2 Å². The van der Waals surface area contributed by atoms with Gasteiger partial charge in [-0.15, -0.1) is 0 Å². The van der Waals surface area contributed by atoms with Crippen LogP contribution in [-0.4, -0.2) is 59.6 Å². The molecule has 1 saturated heterocycles. The molecular weight excluding hydrogens is 502 g/mol. The molecule has 0 aliphatic carbocycles. The van der Waals surface area contributed by atoms with E-state index >= 15 is 0 Å². The number of carbonyl (C=O) groups excluding carboxylic acids is 1. The van der Waals surface area contributed by atoms with Crippen molar-refractivity contribution in [3.05, 3.63) is 82.9 Å². The average Bonchev–Trinajstić information content (AvgIpc) is 2.90. The summed E-state index contributed by atoms with van der Waals surface area (Å²) in [5.41, 5.74) is 3.51. The summed E-state index contributed by atoms with van der Waals surface area (Å²) in [4.78, 5) is 15.8. The Bertz CT molecular complexity index is 1410. The number of piperidine rings is 1. The number of methoxy groups -OCH3 is 2. The number of nitrogens with one attached hydrogen (secondary N) is 2. The Morgan fingerprint density at radius 3 is 2.34 bits per heavy atom. The van der Waals surface area contributed by atoms with Gasteiger partial charge in [0, 0.05) is 24.1 Å². The fourth-order valence-corrected chi connectivity index (χ4v) is 5.88. The lowest BCUT2D eigenvalue weighted by Gasteiger charge is -2.37. The van der Waals surface area contributed by atoms with Crippen molar-refractivity contribution in [3.8, 4) is 11.5 Å². The van der Waals surface area contributed by atoms with Crippen LogP contribution in [0.5, 0.6) is 11.5 Å². The van der Waals surface area contributed by atoms with Gasteiger partial charge in [0.1, 0.15) is 0 Å². The van der Waals surface area contributed by atoms with E-state index in [9.17, 15) is 13.2 Å². The van der Waals surface area contributed by atoms with E-state index in [2.05, 4.69) is 22.0 Å². The van der Waals surface area contributed by atoms with Crippen LogP contribution in [0.25, 0.3) is 0 Å². The highest BCUT2D eigenvalue weighted by molar-refractivity contribution is 7.92. The number of nitrogens with zero attached hydrogens (tertiary/aromatic N) is 1. The van der Waals surface area contributed by atoms with Crippen LogP contribution < -0.4 is 19.5 Å². The second-order valence-corrected chi connectivity index (χ2v) is 11.5. The first-order chi connectivity index (χ1) is 18.1. The van der Waals surface area contributed by atoms with Gasteiger partial charge in [-0.1, -0.05) is 29.8 Å². The minimum absolute atomic E-state index is 0.0439. The van der Waals surface area contributed by atoms with Gasteiger partial charge in [0.25, 0.3) is 15.9 Å². The van der Waals surface area contributed by atoms with E-state index in [0.29, 0.717) is 22.7 Å². The first-order valence-corrected chi connectivity index (χ1v) is 14.0. The van der Waals surface area contributed by atoms with Gasteiger partial charge >= 0.3 is 0 Å². The molecule has 202 valence electrons. The van der Waals surface area contributed by atoms with Crippen LogP contribution in [0, 0.1) is 13.8 Å². The Kier molecular flexibility index (Phi) is 8.28. The fraction of sp³-hybridized carbons (Fsp3) is 0.345. The molecule has 2 N–H and O–H groups in total. The number of benzene rings is 3. The summed E-state index contributed by atoms with van der Waals surface area (Å²) in [5, 5.41) is 3.20. The number of anilines is 1. The summed E-state index contributed by atoms with van der Waals surface area (Å²) in [5.74, 6) is 1.09. The predicted molar refractivity (Wildman–Crippen MR) is 149 cm³/mol. The lowest BCUT2D eigenvalue weighted by atomic mass is 9.85. The van der Waals surface area contributed by atoms with E-state index in [4.69, 9.17) is 9.47 Å². The van der Waals surface area contributed by atoms with Crippen LogP contribution in [0.1, 0.15) is 39.4 Å². The molecule has 1 heterocycles. The minimum Gasteiger partial charge on any atom is -0.493 e. The number of amides is 1. The van der Waals surface area contributed by atoms with Crippen molar-refractivity contribution < 1.29 is 22.7 Å². The van der Waals surface area contributed by atoms with Gasteiger partial charge in [0.05, 0.1) is 24.8 Å². The smallest absolute Gasteiger partial charge is 0.261 e. The van der Waals surface area contributed by atoms with E-state index in [1.165, 1.54) is 0 Å². The number of aryl methyl sites for hydroxylation is 2. The molecule has 0 aromatic heterocycles. The standard InChI is InChI=1S/C29H35N3O5S/c1-19-6-11-23(12-7-19)38(34,35)31-26-16-22(9-8-20(26)2)29(33)30-25-14-15-32(3)18-24(25)21-10-13-27(36-4)28(17-21)37-5/h6-13,16-17,24-25,31H,14-15,18H2,1-5H3,(H,30,33)/t24-,25-/m0/s1. The zero-order valence-electron chi connectivity index (χ0n) is 22.4. The van der Waals surface area contributed by atoms with Crippen LogP contribution in [0.15, 0.2) is 65.6 Å². The van der Waals surface area contributed by atoms with E-state index in [1.54, 1.807) is 63.6 Å². The van der Waals surface area contributed by atoms with Crippen LogP contribution >= 0.6 is 0 Å². The lowest BCUT2D eigenvalue weighted by molar-refractivity contribution is 0.0904. The van der Waals surface area contributed by atoms with Crippen LogP contribution in [0.3, 0.4) is 0 Å². The average molecular weight is 538 g/mol. The Hall–Kier alpha value is -3.56. The van der Waals surface area contributed by atoms with Crippen LogP contribution in [0.2, 0.25) is 0 Å². The Labute approximate surface area is 225 Å². The molecule has 9 heteroatoms. The highest BCUT2D eigenvalue weighted by Gasteiger charge is 2.31. The van der Waals surface area contributed by atoms with Gasteiger partial charge in [-0.3, -0.25) is 9.52 Å². The van der Waals surface area contributed by atoms with Gasteiger partial charge < -0.3 is 19.7 Å². The molecule has 8 nitrogen and oxygen atoms in total. The molecule has 3 aromatic rings. The topological polar surface area (TPSA) is 97.0 Å². The largest absolute Gasteiger partial charge is 0.493 e. The van der Waals surface area contributed by atoms with Crippen molar-refractivity contribution in [2.45, 2.75) is 37.1 Å². The number of hydrogen-bond acceptors (Lipinski definition) is 6. The number of hydrogen-bond donors (Lipinski definition) is 2. The van der Waals surface area contributed by atoms with Crippen molar-refractivity contribution >= 4 is 21.6 Å². The van der Waals surface area contributed by atoms with E-state index in [1.807, 2.05) is 25.1 Å². The summed E-state index contributed by atoms with van der Waals surface area (Å²) < 4.78 is 39.4. The van der Waals surface area contributed by atoms with Gasteiger partial charge in [0.2, 0.25) is 0 Å². The predicted octanol–water partition coefficient (Wildman–Crippen LogP) is 4.34. The van der Waals surface area contributed by atoms with Gasteiger partial charge in [-0.2, -0.15) is 0 Å². The highest BCUT2D eigenvalue weighted by Crippen LogP contribution is 2.34. The Morgan fingerprint density at radius 2 is 1.66 bits per heavy atom. The number of ether oxygens (including phenoxy) is 2. The van der Waals surface area contributed by atoms with Crippen molar-refractivity contribution in [1.29, 1.82) is 0 Å². The summed E-state index contributed by atoms with van der Waals surface area (Å²) in [6, 6.07) is 17.5. The maximum atomic E-state index is 13.4. The third kappa shape index (κ3) is 6.11. The molecule has 2 atom stereocenters.